The summed E-state index contributed by atoms with van der Waals surface area (Å²) in [6, 6.07) is 1.45. The summed E-state index contributed by atoms with van der Waals surface area (Å²) in [5.74, 6) is -0.129. The predicted octanol–water partition coefficient (Wildman–Crippen LogP) is 0.0918. The number of nitrogens with zero attached hydrogens (tertiary/aromatic N) is 3. The van der Waals surface area contributed by atoms with Crippen molar-refractivity contribution in [3.8, 4) is 5.88 Å². The topological polar surface area (TPSA) is 125 Å². The molecular weight excluding hydrogens is 310 g/mol. The molecule has 10 heteroatoms. The van der Waals surface area contributed by atoms with Crippen molar-refractivity contribution in [2.24, 2.45) is 4.99 Å². The van der Waals surface area contributed by atoms with E-state index in [4.69, 9.17) is 17.0 Å². The van der Waals surface area contributed by atoms with Crippen LogP contribution in [0.25, 0.3) is 0 Å². The van der Waals surface area contributed by atoms with Crippen molar-refractivity contribution in [2.75, 3.05) is 13.7 Å². The second kappa shape index (κ2) is 6.91. The third kappa shape index (κ3) is 3.54. The fourth-order valence-electron chi connectivity index (χ4n) is 1.65. The molecule has 22 heavy (non-hydrogen) atoms. The zero-order chi connectivity index (χ0) is 16.1. The van der Waals surface area contributed by atoms with Gasteiger partial charge in [0.2, 0.25) is 5.88 Å². The number of aromatic amines is 2. The molecule has 3 N–H and O–H groups in total. The van der Waals surface area contributed by atoms with E-state index >= 15 is 0 Å². The minimum Gasteiger partial charge on any atom is -0.494 e. The Morgan fingerprint density at radius 1 is 1.50 bits per heavy atom. The molecular formula is C12H13N5O4S. The lowest BCUT2D eigenvalue weighted by atomic mass is 10.3. The van der Waals surface area contributed by atoms with Gasteiger partial charge in [-0.1, -0.05) is 0 Å². The number of H-pyrrole nitrogens is 2. The van der Waals surface area contributed by atoms with Gasteiger partial charge >= 0.3 is 5.69 Å². The molecule has 2 heterocycles. The van der Waals surface area contributed by atoms with Crippen molar-refractivity contribution in [1.29, 1.82) is 0 Å². The van der Waals surface area contributed by atoms with Crippen LogP contribution < -0.4 is 11.2 Å². The lowest BCUT2D eigenvalue weighted by Gasteiger charge is -2.10. The van der Waals surface area contributed by atoms with Gasteiger partial charge in [-0.3, -0.25) is 19.3 Å². The number of ether oxygens (including phenoxy) is 1. The van der Waals surface area contributed by atoms with Gasteiger partial charge in [-0.05, 0) is 18.3 Å². The maximum absolute atomic E-state index is 11.9. The maximum atomic E-state index is 11.9. The van der Waals surface area contributed by atoms with E-state index in [1.807, 2.05) is 0 Å². The molecule has 0 bridgehead atoms. The first-order valence-electron chi connectivity index (χ1n) is 6.17. The Morgan fingerprint density at radius 2 is 2.27 bits per heavy atom. The SMILES string of the molecule is COCCn1c(O)c(C=Nc2ccnc(=O)[nH]2)c(=O)[nH]c1=S. The molecule has 2 rings (SSSR count). The van der Waals surface area contributed by atoms with E-state index < -0.39 is 11.2 Å². The third-order valence-corrected chi connectivity index (χ3v) is 3.04. The molecule has 9 nitrogen and oxygen atoms in total. The molecule has 2 aromatic heterocycles. The number of aromatic nitrogens is 4. The summed E-state index contributed by atoms with van der Waals surface area (Å²) in [5, 5.41) is 10.2. The first-order valence-corrected chi connectivity index (χ1v) is 6.58. The molecule has 0 amide bonds. The summed E-state index contributed by atoms with van der Waals surface area (Å²) in [6.07, 6.45) is 2.41. The maximum Gasteiger partial charge on any atom is 0.346 e. The summed E-state index contributed by atoms with van der Waals surface area (Å²) in [6.45, 7) is 0.576. The number of nitrogens with one attached hydrogen (secondary N) is 2. The average molecular weight is 323 g/mol. The number of hydrogen-bond donors (Lipinski definition) is 3. The van der Waals surface area contributed by atoms with E-state index in [1.165, 1.54) is 23.9 Å². The highest BCUT2D eigenvalue weighted by atomic mass is 32.1. The molecule has 0 saturated carbocycles. The minimum absolute atomic E-state index is 0.0778. The Labute approximate surface area is 129 Å². The van der Waals surface area contributed by atoms with Gasteiger partial charge in [0.05, 0.1) is 13.2 Å². The van der Waals surface area contributed by atoms with Crippen LogP contribution in [-0.2, 0) is 11.3 Å². The smallest absolute Gasteiger partial charge is 0.346 e. The van der Waals surface area contributed by atoms with Gasteiger partial charge in [-0.2, -0.15) is 0 Å². The Kier molecular flexibility index (Phi) is 4.96. The lowest BCUT2D eigenvalue weighted by molar-refractivity contribution is 0.182. The molecule has 0 aliphatic heterocycles. The van der Waals surface area contributed by atoms with Crippen LogP contribution in [-0.4, -0.2) is 44.6 Å². The van der Waals surface area contributed by atoms with Crippen LogP contribution in [0.4, 0.5) is 5.82 Å². The van der Waals surface area contributed by atoms with Crippen molar-refractivity contribution >= 4 is 24.3 Å². The van der Waals surface area contributed by atoms with Gasteiger partial charge in [0, 0.05) is 19.5 Å². The molecule has 0 fully saturated rings. The largest absolute Gasteiger partial charge is 0.494 e. The van der Waals surface area contributed by atoms with Gasteiger partial charge < -0.3 is 9.84 Å². The van der Waals surface area contributed by atoms with Gasteiger partial charge in [0.25, 0.3) is 5.56 Å². The van der Waals surface area contributed by atoms with E-state index in [0.29, 0.717) is 6.61 Å². The second-order valence-electron chi connectivity index (χ2n) is 4.16. The van der Waals surface area contributed by atoms with Crippen molar-refractivity contribution in [3.63, 3.8) is 0 Å². The highest BCUT2D eigenvalue weighted by Gasteiger charge is 2.10. The molecule has 0 aliphatic rings. The van der Waals surface area contributed by atoms with Crippen molar-refractivity contribution in [2.45, 2.75) is 6.54 Å². The molecule has 0 saturated heterocycles. The second-order valence-corrected chi connectivity index (χ2v) is 4.55. The number of methoxy groups -OCH3 is 1. The van der Waals surface area contributed by atoms with Crippen LogP contribution in [0.1, 0.15) is 5.56 Å². The van der Waals surface area contributed by atoms with Gasteiger partial charge in [0.1, 0.15) is 11.4 Å². The Hall–Kier alpha value is -2.59. The fourth-order valence-corrected chi connectivity index (χ4v) is 1.92. The molecule has 0 aliphatic carbocycles. The molecule has 0 spiro atoms. The van der Waals surface area contributed by atoms with E-state index in [0.717, 1.165) is 6.21 Å². The first-order chi connectivity index (χ1) is 10.5. The van der Waals surface area contributed by atoms with Gasteiger partial charge in [-0.15, -0.1) is 0 Å². The summed E-state index contributed by atoms with van der Waals surface area (Å²) in [4.78, 5) is 35.1. The highest BCUT2D eigenvalue weighted by molar-refractivity contribution is 7.71. The molecule has 0 aromatic carbocycles. The third-order valence-electron chi connectivity index (χ3n) is 2.72. The Balaban J connectivity index is 2.44. The Bertz CT molecular complexity index is 867. The summed E-state index contributed by atoms with van der Waals surface area (Å²) >= 11 is 4.99. The van der Waals surface area contributed by atoms with Crippen LogP contribution in [0.2, 0.25) is 0 Å². The highest BCUT2D eigenvalue weighted by Crippen LogP contribution is 2.12. The summed E-state index contributed by atoms with van der Waals surface area (Å²) in [7, 11) is 1.51. The molecule has 0 radical (unpaired) electrons. The average Bonchev–Trinajstić information content (AvgIpc) is 2.46. The van der Waals surface area contributed by atoms with Crippen LogP contribution in [0.15, 0.2) is 26.8 Å². The van der Waals surface area contributed by atoms with E-state index in [1.54, 1.807) is 0 Å². The number of rotatable bonds is 5. The fraction of sp³-hybridized carbons (Fsp3) is 0.250. The van der Waals surface area contributed by atoms with Crippen LogP contribution in [0.5, 0.6) is 5.88 Å². The summed E-state index contributed by atoms with van der Waals surface area (Å²) < 4.78 is 6.31. The number of aromatic hydroxyl groups is 1. The predicted molar refractivity (Wildman–Crippen MR) is 81.5 cm³/mol. The zero-order valence-electron chi connectivity index (χ0n) is 11.6. The Morgan fingerprint density at radius 3 is 2.95 bits per heavy atom. The van der Waals surface area contributed by atoms with Crippen LogP contribution in [0.3, 0.4) is 0 Å². The number of aliphatic imine (C=N–C) groups is 1. The van der Waals surface area contributed by atoms with Crippen molar-refractivity contribution in [1.82, 2.24) is 19.5 Å². The van der Waals surface area contributed by atoms with Gasteiger partial charge in [-0.25, -0.2) is 14.8 Å². The monoisotopic (exact) mass is 323 g/mol. The van der Waals surface area contributed by atoms with Crippen molar-refractivity contribution < 1.29 is 9.84 Å². The zero-order valence-corrected chi connectivity index (χ0v) is 12.4. The van der Waals surface area contributed by atoms with Crippen LogP contribution in [0, 0.1) is 4.77 Å². The minimum atomic E-state index is -0.587. The van der Waals surface area contributed by atoms with Gasteiger partial charge in [0.15, 0.2) is 4.77 Å². The van der Waals surface area contributed by atoms with Crippen molar-refractivity contribution in [3.05, 3.63) is 43.4 Å². The molecule has 2 aromatic rings. The molecule has 0 unspecified atom stereocenters. The lowest BCUT2D eigenvalue weighted by Crippen LogP contribution is -2.20. The quantitative estimate of drug-likeness (QED) is 0.529. The molecule has 116 valence electrons. The summed E-state index contributed by atoms with van der Waals surface area (Å²) in [5.41, 5.74) is -1.23. The molecule has 0 atom stereocenters. The van der Waals surface area contributed by atoms with E-state index in [9.17, 15) is 14.7 Å². The standard InChI is InChI=1S/C12H13N5O4S/c1-21-5-4-17-10(19)7(9(18)16-12(17)22)6-14-8-2-3-13-11(20)15-8/h2-3,6,19H,4-5H2,1H3,(H,13,15,20)(H,16,18,22). The van der Waals surface area contributed by atoms with Crippen LogP contribution >= 0.6 is 12.2 Å². The normalized spacial score (nSPS) is 11.1. The van der Waals surface area contributed by atoms with E-state index in [-0.39, 0.29) is 28.6 Å². The van der Waals surface area contributed by atoms with E-state index in [2.05, 4.69) is 19.9 Å². The number of hydrogen-bond acceptors (Lipinski definition) is 7. The first kappa shape index (κ1) is 15.8.